The van der Waals surface area contributed by atoms with Gasteiger partial charge in [-0.3, -0.25) is 4.98 Å². The van der Waals surface area contributed by atoms with Gasteiger partial charge in [0.1, 0.15) is 18.2 Å². The maximum Gasteiger partial charge on any atom is 0.323 e. The fourth-order valence-electron chi connectivity index (χ4n) is 2.42. The number of aromatic nitrogens is 1. The van der Waals surface area contributed by atoms with Gasteiger partial charge in [-0.1, -0.05) is 0 Å². The van der Waals surface area contributed by atoms with Gasteiger partial charge >= 0.3 is 6.03 Å². The van der Waals surface area contributed by atoms with Crippen LogP contribution in [-0.4, -0.2) is 61.1 Å². The molecule has 0 aliphatic rings. The Bertz CT molecular complexity index is 897. The molecule has 1 heterocycles. The number of carbonyl (C=O) groups is 1. The molecule has 2 aromatic rings. The number of urea groups is 1. The Morgan fingerprint density at radius 2 is 2.03 bits per heavy atom. The van der Waals surface area contributed by atoms with Crippen LogP contribution in [0.3, 0.4) is 0 Å². The molecule has 0 unspecified atom stereocenters. The Hall–Kier alpha value is -3.87. The molecule has 2 N–H and O–H groups in total. The number of anilines is 2. The third kappa shape index (κ3) is 6.99. The third-order valence-electron chi connectivity index (χ3n) is 3.64. The largest absolute Gasteiger partial charge is 0.492 e. The van der Waals surface area contributed by atoms with Crippen LogP contribution in [0.25, 0.3) is 0 Å². The molecular formula is C19H22FN7O2. The average Bonchev–Trinajstić information content (AvgIpc) is 2.66. The van der Waals surface area contributed by atoms with Crippen LogP contribution < -0.4 is 15.4 Å². The Kier molecular flexibility index (Phi) is 7.73. The van der Waals surface area contributed by atoms with E-state index in [0.717, 1.165) is 0 Å². The number of nitrogens with one attached hydrogen (secondary N) is 2. The fourth-order valence-corrected chi connectivity index (χ4v) is 2.42. The van der Waals surface area contributed by atoms with Crippen molar-refractivity contribution in [1.82, 2.24) is 14.8 Å². The average molecular weight is 399 g/mol. The predicted molar refractivity (Wildman–Crippen MR) is 108 cm³/mol. The molecular weight excluding hydrogens is 377 g/mol. The number of ether oxygens (including phenoxy) is 1. The quantitative estimate of drug-likeness (QED) is 0.439. The zero-order chi connectivity index (χ0) is 21.2. The molecule has 2 amide bonds. The number of hydrogen-bond acceptors (Lipinski definition) is 5. The van der Waals surface area contributed by atoms with Crippen LogP contribution in [-0.2, 0) is 0 Å². The molecule has 9 nitrogen and oxygen atoms in total. The van der Waals surface area contributed by atoms with Gasteiger partial charge < -0.3 is 25.2 Å². The maximum atomic E-state index is 13.9. The zero-order valence-electron chi connectivity index (χ0n) is 16.4. The van der Waals surface area contributed by atoms with Crippen LogP contribution in [0.2, 0.25) is 0 Å². The van der Waals surface area contributed by atoms with E-state index in [9.17, 15) is 9.18 Å². The Morgan fingerprint density at radius 3 is 2.69 bits per heavy atom. The normalized spacial score (nSPS) is 10.7. The number of rotatable bonds is 6. The first kappa shape index (κ1) is 21.4. The molecule has 10 heteroatoms. The fraction of sp³-hybridized carbons (Fsp3) is 0.263. The van der Waals surface area contributed by atoms with Crippen LogP contribution in [0.5, 0.6) is 5.75 Å². The van der Waals surface area contributed by atoms with Crippen LogP contribution in [0.1, 0.15) is 0 Å². The Morgan fingerprint density at radius 1 is 1.28 bits per heavy atom. The molecule has 0 atom stereocenters. The molecule has 0 spiro atoms. The van der Waals surface area contributed by atoms with Crippen LogP contribution >= 0.6 is 0 Å². The smallest absolute Gasteiger partial charge is 0.323 e. The minimum absolute atomic E-state index is 0.222. The first-order chi connectivity index (χ1) is 13.9. The maximum absolute atomic E-state index is 13.9. The summed E-state index contributed by atoms with van der Waals surface area (Å²) in [6.45, 7) is 0.638. The summed E-state index contributed by atoms with van der Waals surface area (Å²) < 4.78 is 19.5. The van der Waals surface area contributed by atoms with E-state index in [2.05, 4.69) is 20.6 Å². The standard InChI is InChI=1S/C19H22FN7O2/c1-26(2)19(23-13-21)27(3)7-8-29-17-10-14(20)9-16(11-17)25-18(28)24-15-5-4-6-22-12-15/h4-6,9-12H,7-8H2,1-3H3,(H2,24,25,28)/b23-19+. The second-order valence-corrected chi connectivity index (χ2v) is 6.17. The van der Waals surface area contributed by atoms with Gasteiger partial charge in [0, 0.05) is 45.2 Å². The Balaban J connectivity index is 1.94. The summed E-state index contributed by atoms with van der Waals surface area (Å²) in [4.78, 5) is 23.1. The van der Waals surface area contributed by atoms with Gasteiger partial charge in [0.2, 0.25) is 12.2 Å². The summed E-state index contributed by atoms with van der Waals surface area (Å²) in [5.74, 6) is 0.191. The topological polar surface area (TPSA) is 106 Å². The molecule has 29 heavy (non-hydrogen) atoms. The lowest BCUT2D eigenvalue weighted by Crippen LogP contribution is -2.40. The van der Waals surface area contributed by atoms with Gasteiger partial charge in [-0.2, -0.15) is 5.26 Å². The SMILES string of the molecule is CN(C)/C(=N\C#N)N(C)CCOc1cc(F)cc(NC(=O)Nc2cccnc2)c1. The van der Waals surface area contributed by atoms with E-state index in [0.29, 0.717) is 18.2 Å². The minimum Gasteiger partial charge on any atom is -0.492 e. The Labute approximate surface area is 168 Å². The van der Waals surface area contributed by atoms with Crippen molar-refractivity contribution in [2.24, 2.45) is 4.99 Å². The second kappa shape index (κ2) is 10.5. The van der Waals surface area contributed by atoms with Crippen molar-refractivity contribution in [3.05, 3.63) is 48.5 Å². The lowest BCUT2D eigenvalue weighted by molar-refractivity contribution is 0.262. The van der Waals surface area contributed by atoms with Crippen LogP contribution in [0, 0.1) is 17.3 Å². The highest BCUT2D eigenvalue weighted by molar-refractivity contribution is 5.99. The lowest BCUT2D eigenvalue weighted by atomic mass is 10.3. The zero-order valence-corrected chi connectivity index (χ0v) is 16.4. The van der Waals surface area contributed by atoms with Gasteiger partial charge in [-0.15, -0.1) is 4.99 Å². The number of aliphatic imine (C=N–C) groups is 1. The number of carbonyl (C=O) groups excluding carboxylic acids is 1. The monoisotopic (exact) mass is 399 g/mol. The summed E-state index contributed by atoms with van der Waals surface area (Å²) >= 11 is 0. The second-order valence-electron chi connectivity index (χ2n) is 6.17. The van der Waals surface area contributed by atoms with Crippen molar-refractivity contribution < 1.29 is 13.9 Å². The molecule has 0 saturated heterocycles. The van der Waals surface area contributed by atoms with Gasteiger partial charge in [0.15, 0.2) is 0 Å². The van der Waals surface area contributed by atoms with Gasteiger partial charge in [-0.05, 0) is 18.2 Å². The number of benzene rings is 1. The molecule has 1 aromatic carbocycles. The summed E-state index contributed by atoms with van der Waals surface area (Å²) in [5, 5.41) is 13.9. The van der Waals surface area contributed by atoms with E-state index >= 15 is 0 Å². The van der Waals surface area contributed by atoms with Crippen LogP contribution in [0.4, 0.5) is 20.6 Å². The number of likely N-dealkylation sites (N-methyl/N-ethyl adjacent to an activating group) is 1. The van der Waals surface area contributed by atoms with Gasteiger partial charge in [0.05, 0.1) is 18.4 Å². The highest BCUT2D eigenvalue weighted by Gasteiger charge is 2.10. The number of nitriles is 1. The summed E-state index contributed by atoms with van der Waals surface area (Å²) in [6.07, 6.45) is 4.83. The van der Waals surface area contributed by atoms with Crippen molar-refractivity contribution >= 4 is 23.4 Å². The van der Waals surface area contributed by atoms with Gasteiger partial charge in [0.25, 0.3) is 0 Å². The van der Waals surface area contributed by atoms with E-state index in [1.165, 1.54) is 24.4 Å². The minimum atomic E-state index is -0.549. The van der Waals surface area contributed by atoms with E-state index in [-0.39, 0.29) is 18.0 Å². The molecule has 0 bridgehead atoms. The number of amides is 2. The number of pyridine rings is 1. The molecule has 0 fully saturated rings. The number of nitrogens with zero attached hydrogens (tertiary/aromatic N) is 5. The van der Waals surface area contributed by atoms with E-state index in [1.54, 1.807) is 55.5 Å². The van der Waals surface area contributed by atoms with Crippen molar-refractivity contribution in [1.29, 1.82) is 5.26 Å². The first-order valence-electron chi connectivity index (χ1n) is 8.65. The molecule has 152 valence electrons. The number of halogens is 1. The molecule has 0 saturated carbocycles. The molecule has 0 radical (unpaired) electrons. The summed E-state index contributed by atoms with van der Waals surface area (Å²) in [7, 11) is 5.31. The third-order valence-corrected chi connectivity index (χ3v) is 3.64. The van der Waals surface area contributed by atoms with Crippen molar-refractivity contribution in [3.63, 3.8) is 0 Å². The predicted octanol–water partition coefficient (Wildman–Crippen LogP) is 2.57. The highest BCUT2D eigenvalue weighted by atomic mass is 19.1. The van der Waals surface area contributed by atoms with E-state index in [4.69, 9.17) is 10.00 Å². The van der Waals surface area contributed by atoms with Crippen molar-refractivity contribution in [2.45, 2.75) is 0 Å². The molecule has 0 aliphatic heterocycles. The lowest BCUT2D eigenvalue weighted by Gasteiger charge is -2.25. The van der Waals surface area contributed by atoms with Crippen molar-refractivity contribution in [2.75, 3.05) is 44.9 Å². The van der Waals surface area contributed by atoms with Crippen LogP contribution in [0.15, 0.2) is 47.7 Å². The van der Waals surface area contributed by atoms with E-state index in [1.807, 2.05) is 0 Å². The number of guanidine groups is 1. The highest BCUT2D eigenvalue weighted by Crippen LogP contribution is 2.20. The van der Waals surface area contributed by atoms with E-state index < -0.39 is 11.8 Å². The molecule has 0 aliphatic carbocycles. The van der Waals surface area contributed by atoms with Gasteiger partial charge in [-0.25, -0.2) is 9.18 Å². The summed E-state index contributed by atoms with van der Waals surface area (Å²) in [6, 6.07) is 6.76. The molecule has 2 rings (SSSR count). The number of hydrogen-bond donors (Lipinski definition) is 2. The van der Waals surface area contributed by atoms with Crippen molar-refractivity contribution in [3.8, 4) is 11.9 Å². The summed E-state index contributed by atoms with van der Waals surface area (Å²) in [5.41, 5.74) is 0.756. The molecule has 1 aromatic heterocycles. The first-order valence-corrected chi connectivity index (χ1v) is 8.65.